The highest BCUT2D eigenvalue weighted by molar-refractivity contribution is 5.91. The van der Waals surface area contributed by atoms with Crippen LogP contribution < -0.4 is 10.9 Å². The summed E-state index contributed by atoms with van der Waals surface area (Å²) < 4.78 is 5.51. The number of alkyl carbamates (subject to hydrolysis) is 1. The Balaban J connectivity index is 1.54. The van der Waals surface area contributed by atoms with Crippen molar-refractivity contribution < 1.29 is 9.53 Å². The Bertz CT molecular complexity index is 1430. The van der Waals surface area contributed by atoms with Crippen LogP contribution in [0.25, 0.3) is 33.3 Å². The molecule has 1 saturated carbocycles. The van der Waals surface area contributed by atoms with Gasteiger partial charge in [0.1, 0.15) is 5.60 Å². The molecule has 0 bridgehead atoms. The van der Waals surface area contributed by atoms with E-state index in [0.29, 0.717) is 10.9 Å². The number of hydrogen-bond donors (Lipinski definition) is 2. The zero-order valence-corrected chi connectivity index (χ0v) is 20.2. The number of nitrogens with zero attached hydrogens (tertiary/aromatic N) is 1. The number of ether oxygens (including phenoxy) is 1. The maximum atomic E-state index is 12.5. The van der Waals surface area contributed by atoms with E-state index < -0.39 is 17.2 Å². The second-order valence-corrected chi connectivity index (χ2v) is 10.1. The Morgan fingerprint density at radius 1 is 1.00 bits per heavy atom. The van der Waals surface area contributed by atoms with Gasteiger partial charge >= 0.3 is 6.09 Å². The second-order valence-electron chi connectivity index (χ2n) is 10.1. The number of amides is 1. The standard InChI is InChI=1S/C29H29N3O3/c1-28(2,3)35-27(34)32-29(15-7-16-29)21-12-10-20(11-13-21)25-22(19-8-5-4-6-9-19)18-23-24(31-25)14-17-30-26(23)33/h4-6,8-14,17-18H,7,15-16H2,1-3H3,(H,30,33)(H,32,34). The molecule has 0 saturated heterocycles. The van der Waals surface area contributed by atoms with Gasteiger partial charge in [-0.15, -0.1) is 0 Å². The van der Waals surface area contributed by atoms with E-state index in [9.17, 15) is 9.59 Å². The van der Waals surface area contributed by atoms with Crippen molar-refractivity contribution in [2.75, 3.05) is 0 Å². The third-order valence-electron chi connectivity index (χ3n) is 6.50. The van der Waals surface area contributed by atoms with Gasteiger partial charge in [0.25, 0.3) is 5.56 Å². The van der Waals surface area contributed by atoms with E-state index in [1.165, 1.54) is 0 Å². The average molecular weight is 468 g/mol. The third kappa shape index (κ3) is 4.56. The number of carbonyl (C=O) groups excluding carboxylic acids is 1. The summed E-state index contributed by atoms with van der Waals surface area (Å²) in [7, 11) is 0. The maximum absolute atomic E-state index is 12.5. The van der Waals surface area contributed by atoms with Gasteiger partial charge in [-0.05, 0) is 63.3 Å². The first kappa shape index (κ1) is 22.8. The SMILES string of the molecule is CC(C)(C)OC(=O)NC1(c2ccc(-c3nc4cc[nH]c(=O)c4cc3-c3ccccc3)cc2)CCC1. The summed E-state index contributed by atoms with van der Waals surface area (Å²) in [5, 5.41) is 3.67. The van der Waals surface area contributed by atoms with Gasteiger partial charge in [-0.2, -0.15) is 0 Å². The fourth-order valence-corrected chi connectivity index (χ4v) is 4.63. The lowest BCUT2D eigenvalue weighted by molar-refractivity contribution is 0.0377. The molecule has 0 aliphatic heterocycles. The zero-order chi connectivity index (χ0) is 24.6. The molecule has 2 heterocycles. The van der Waals surface area contributed by atoms with Gasteiger partial charge in [-0.25, -0.2) is 9.78 Å². The van der Waals surface area contributed by atoms with Crippen LogP contribution in [-0.4, -0.2) is 21.7 Å². The number of aromatic amines is 1. The van der Waals surface area contributed by atoms with Crippen LogP contribution in [0, 0.1) is 0 Å². The largest absolute Gasteiger partial charge is 0.444 e. The number of fused-ring (bicyclic) bond motifs is 1. The van der Waals surface area contributed by atoms with Crippen molar-refractivity contribution >= 4 is 17.0 Å². The van der Waals surface area contributed by atoms with E-state index in [4.69, 9.17) is 9.72 Å². The summed E-state index contributed by atoms with van der Waals surface area (Å²) in [6, 6.07) is 21.9. The molecule has 0 atom stereocenters. The van der Waals surface area contributed by atoms with Crippen LogP contribution in [0.4, 0.5) is 4.79 Å². The molecule has 4 aromatic rings. The van der Waals surface area contributed by atoms with Gasteiger partial charge < -0.3 is 15.0 Å². The van der Waals surface area contributed by atoms with E-state index in [0.717, 1.165) is 47.2 Å². The summed E-state index contributed by atoms with van der Waals surface area (Å²) in [6.07, 6.45) is 4.02. The van der Waals surface area contributed by atoms with E-state index >= 15 is 0 Å². The molecule has 2 aromatic heterocycles. The minimum atomic E-state index is -0.545. The molecule has 5 rings (SSSR count). The number of nitrogens with one attached hydrogen (secondary N) is 2. The molecule has 35 heavy (non-hydrogen) atoms. The molecular formula is C29H29N3O3. The molecular weight excluding hydrogens is 438 g/mol. The van der Waals surface area contributed by atoms with Gasteiger partial charge in [0.15, 0.2) is 0 Å². The minimum Gasteiger partial charge on any atom is -0.444 e. The Labute approximate surface area is 204 Å². The van der Waals surface area contributed by atoms with E-state index in [1.54, 1.807) is 6.20 Å². The van der Waals surface area contributed by atoms with Gasteiger partial charge in [0.2, 0.25) is 0 Å². The summed E-state index contributed by atoms with van der Waals surface area (Å²) in [5.41, 5.74) is 4.23. The normalized spacial score (nSPS) is 14.8. The van der Waals surface area contributed by atoms with Crippen LogP contribution in [-0.2, 0) is 10.3 Å². The van der Waals surface area contributed by atoms with Crippen LogP contribution in [0.15, 0.2) is 77.7 Å². The first-order valence-corrected chi connectivity index (χ1v) is 11.9. The molecule has 0 radical (unpaired) electrons. The van der Waals surface area contributed by atoms with Gasteiger partial charge in [-0.3, -0.25) is 4.79 Å². The first-order valence-electron chi connectivity index (χ1n) is 11.9. The molecule has 1 fully saturated rings. The highest BCUT2D eigenvalue weighted by atomic mass is 16.6. The number of hydrogen-bond acceptors (Lipinski definition) is 4. The van der Waals surface area contributed by atoms with Gasteiger partial charge in [0.05, 0.1) is 22.1 Å². The molecule has 0 spiro atoms. The molecule has 1 aliphatic carbocycles. The molecule has 2 aromatic carbocycles. The average Bonchev–Trinajstić information content (AvgIpc) is 2.81. The number of H-pyrrole nitrogens is 1. The highest BCUT2D eigenvalue weighted by Gasteiger charge is 2.41. The Hall–Kier alpha value is -3.93. The van der Waals surface area contributed by atoms with Crippen molar-refractivity contribution in [2.24, 2.45) is 0 Å². The van der Waals surface area contributed by atoms with Gasteiger partial charge in [-0.1, -0.05) is 54.6 Å². The fourth-order valence-electron chi connectivity index (χ4n) is 4.63. The van der Waals surface area contributed by atoms with Crippen molar-refractivity contribution in [3.05, 3.63) is 88.8 Å². The maximum Gasteiger partial charge on any atom is 0.408 e. The number of benzene rings is 2. The summed E-state index contributed by atoms with van der Waals surface area (Å²) in [5.74, 6) is 0. The van der Waals surface area contributed by atoms with Crippen LogP contribution in [0.3, 0.4) is 0 Å². The number of pyridine rings is 2. The second kappa shape index (κ2) is 8.69. The molecule has 2 N–H and O–H groups in total. The summed E-state index contributed by atoms with van der Waals surface area (Å²) >= 11 is 0. The lowest BCUT2D eigenvalue weighted by Crippen LogP contribution is -2.52. The fraction of sp³-hybridized carbons (Fsp3) is 0.276. The Kier molecular flexibility index (Phi) is 5.67. The lowest BCUT2D eigenvalue weighted by Gasteiger charge is -2.43. The van der Waals surface area contributed by atoms with E-state index in [-0.39, 0.29) is 5.56 Å². The predicted octanol–water partition coefficient (Wildman–Crippen LogP) is 6.16. The van der Waals surface area contributed by atoms with Crippen LogP contribution in [0.5, 0.6) is 0 Å². The first-order chi connectivity index (χ1) is 16.7. The van der Waals surface area contributed by atoms with Crippen molar-refractivity contribution in [3.63, 3.8) is 0 Å². The van der Waals surface area contributed by atoms with Crippen LogP contribution in [0.2, 0.25) is 0 Å². The van der Waals surface area contributed by atoms with Crippen molar-refractivity contribution in [1.82, 2.24) is 15.3 Å². The van der Waals surface area contributed by atoms with Crippen LogP contribution in [0.1, 0.15) is 45.6 Å². The molecule has 0 unspecified atom stereocenters. The topological polar surface area (TPSA) is 84.1 Å². The molecule has 1 amide bonds. The molecule has 6 heteroatoms. The van der Waals surface area contributed by atoms with Crippen molar-refractivity contribution in [3.8, 4) is 22.4 Å². The Morgan fingerprint density at radius 3 is 2.34 bits per heavy atom. The van der Waals surface area contributed by atoms with Crippen molar-refractivity contribution in [1.29, 1.82) is 0 Å². The predicted molar refractivity (Wildman–Crippen MR) is 138 cm³/mol. The summed E-state index contributed by atoms with van der Waals surface area (Å²) in [6.45, 7) is 5.59. The molecule has 1 aliphatic rings. The summed E-state index contributed by atoms with van der Waals surface area (Å²) in [4.78, 5) is 32.6. The molecule has 6 nitrogen and oxygen atoms in total. The highest BCUT2D eigenvalue weighted by Crippen LogP contribution is 2.42. The zero-order valence-electron chi connectivity index (χ0n) is 20.2. The quantitative estimate of drug-likeness (QED) is 0.376. The monoisotopic (exact) mass is 467 g/mol. The lowest BCUT2D eigenvalue weighted by atomic mass is 9.71. The third-order valence-corrected chi connectivity index (χ3v) is 6.50. The van der Waals surface area contributed by atoms with Gasteiger partial charge in [0, 0.05) is 17.3 Å². The van der Waals surface area contributed by atoms with E-state index in [1.807, 2.05) is 75.4 Å². The van der Waals surface area contributed by atoms with Crippen LogP contribution >= 0.6 is 0 Å². The number of aromatic nitrogens is 2. The smallest absolute Gasteiger partial charge is 0.408 e. The van der Waals surface area contributed by atoms with E-state index in [2.05, 4.69) is 22.4 Å². The molecule has 178 valence electrons. The number of rotatable bonds is 4. The number of carbonyl (C=O) groups is 1. The Morgan fingerprint density at radius 2 is 1.71 bits per heavy atom. The van der Waals surface area contributed by atoms with Crippen molar-refractivity contribution in [2.45, 2.75) is 51.2 Å². The minimum absolute atomic E-state index is 0.158.